The van der Waals surface area contributed by atoms with Crippen LogP contribution in [0.4, 0.5) is 0 Å². The number of primary amides is 1. The molecule has 0 fully saturated rings. The maximum Gasteiger partial charge on any atom is 0.258 e. The van der Waals surface area contributed by atoms with Crippen LogP contribution < -0.4 is 15.5 Å². The molecule has 1 aliphatic carbocycles. The first kappa shape index (κ1) is 9.66. The zero-order valence-corrected chi connectivity index (χ0v) is 9.42. The van der Waals surface area contributed by atoms with Gasteiger partial charge in [-0.05, 0) is 29.4 Å². The Labute approximate surface area is 96.5 Å². The fraction of sp³-hybridized carbons (Fsp3) is 0.250. The Morgan fingerprint density at radius 1 is 1.56 bits per heavy atom. The molecule has 0 spiro atoms. The lowest BCUT2D eigenvalue weighted by Gasteiger charge is -2.20. The van der Waals surface area contributed by atoms with Crippen molar-refractivity contribution in [1.82, 2.24) is 0 Å². The van der Waals surface area contributed by atoms with Gasteiger partial charge >= 0.3 is 0 Å². The maximum absolute atomic E-state index is 11.1. The third kappa shape index (κ3) is 1.46. The predicted molar refractivity (Wildman–Crippen MR) is 63.2 cm³/mol. The molecule has 1 aromatic heterocycles. The highest BCUT2D eigenvalue weighted by atomic mass is 32.1. The number of allylic oxidation sites excluding steroid dienone is 1. The van der Waals surface area contributed by atoms with Crippen LogP contribution in [0.5, 0.6) is 0 Å². The quantitative estimate of drug-likeness (QED) is 0.760. The van der Waals surface area contributed by atoms with Gasteiger partial charge in [0.15, 0.2) is 0 Å². The van der Waals surface area contributed by atoms with Crippen LogP contribution in [0.2, 0.25) is 0 Å². The van der Waals surface area contributed by atoms with Gasteiger partial charge in [-0.15, -0.1) is 11.3 Å². The van der Waals surface area contributed by atoms with Crippen LogP contribution in [-0.2, 0) is 4.74 Å². The third-order valence-electron chi connectivity index (χ3n) is 2.91. The van der Waals surface area contributed by atoms with Crippen molar-refractivity contribution in [3.05, 3.63) is 32.5 Å². The summed E-state index contributed by atoms with van der Waals surface area (Å²) in [6.07, 6.45) is 7.11. The van der Waals surface area contributed by atoms with Crippen LogP contribution in [0, 0.1) is 5.92 Å². The van der Waals surface area contributed by atoms with E-state index in [9.17, 15) is 4.79 Å². The summed E-state index contributed by atoms with van der Waals surface area (Å²) in [6.45, 7) is 0.765. The highest BCUT2D eigenvalue weighted by molar-refractivity contribution is 7.12. The Bertz CT molecular complexity index is 597. The van der Waals surface area contributed by atoms with Gasteiger partial charge in [0.25, 0.3) is 5.91 Å². The van der Waals surface area contributed by atoms with Crippen molar-refractivity contribution in [2.24, 2.45) is 11.7 Å². The molecule has 1 atom stereocenters. The van der Waals surface area contributed by atoms with Crippen molar-refractivity contribution in [2.75, 3.05) is 6.61 Å². The van der Waals surface area contributed by atoms with E-state index in [1.54, 1.807) is 0 Å². The summed E-state index contributed by atoms with van der Waals surface area (Å²) in [5.41, 5.74) is 6.47. The van der Waals surface area contributed by atoms with Gasteiger partial charge in [0.1, 0.15) is 0 Å². The molecule has 0 radical (unpaired) electrons. The van der Waals surface area contributed by atoms with E-state index in [-0.39, 0.29) is 5.91 Å². The van der Waals surface area contributed by atoms with Gasteiger partial charge in [0.2, 0.25) is 0 Å². The minimum absolute atomic E-state index is 0.352. The zero-order valence-electron chi connectivity index (χ0n) is 8.60. The van der Waals surface area contributed by atoms with Crippen LogP contribution in [-0.4, -0.2) is 12.5 Å². The van der Waals surface area contributed by atoms with Crippen LogP contribution in [0.1, 0.15) is 16.1 Å². The van der Waals surface area contributed by atoms with Crippen molar-refractivity contribution in [2.45, 2.75) is 6.42 Å². The van der Waals surface area contributed by atoms with Gasteiger partial charge in [-0.1, -0.05) is 6.08 Å². The van der Waals surface area contributed by atoms with E-state index in [2.05, 4.69) is 12.2 Å². The number of hydrogen-bond acceptors (Lipinski definition) is 3. The fourth-order valence-electron chi connectivity index (χ4n) is 2.08. The minimum Gasteiger partial charge on any atom is -0.501 e. The first-order valence-corrected chi connectivity index (χ1v) is 6.00. The molecule has 1 aromatic rings. The number of fused-ring (bicyclic) bond motifs is 2. The highest BCUT2D eigenvalue weighted by Crippen LogP contribution is 2.24. The second-order valence-electron chi connectivity index (χ2n) is 3.99. The first-order chi connectivity index (χ1) is 7.74. The highest BCUT2D eigenvalue weighted by Gasteiger charge is 2.18. The predicted octanol–water partition coefficient (Wildman–Crippen LogP) is 0.342. The number of carbonyl (C=O) groups excluding carboxylic acids is 1. The van der Waals surface area contributed by atoms with Crippen molar-refractivity contribution in [1.29, 1.82) is 0 Å². The van der Waals surface area contributed by atoms with E-state index < -0.39 is 0 Å². The maximum atomic E-state index is 11.1. The van der Waals surface area contributed by atoms with Gasteiger partial charge in [0, 0.05) is 10.5 Å². The monoisotopic (exact) mass is 233 g/mol. The smallest absolute Gasteiger partial charge is 0.258 e. The van der Waals surface area contributed by atoms with Crippen molar-refractivity contribution in [3.63, 3.8) is 0 Å². The molecule has 2 aliphatic rings. The van der Waals surface area contributed by atoms with E-state index in [1.807, 2.05) is 12.3 Å². The summed E-state index contributed by atoms with van der Waals surface area (Å²) in [6, 6.07) is 1.88. The molecule has 3 rings (SSSR count). The number of ether oxygens (including phenoxy) is 1. The van der Waals surface area contributed by atoms with Crippen LogP contribution >= 0.6 is 11.3 Å². The Morgan fingerprint density at radius 2 is 2.44 bits per heavy atom. The topological polar surface area (TPSA) is 52.3 Å². The summed E-state index contributed by atoms with van der Waals surface area (Å²) in [7, 11) is 0. The molecule has 1 amide bonds. The first-order valence-electron chi connectivity index (χ1n) is 5.19. The molecule has 0 aromatic carbocycles. The van der Waals surface area contributed by atoms with Gasteiger partial charge in [-0.2, -0.15) is 0 Å². The van der Waals surface area contributed by atoms with Gasteiger partial charge in [-0.25, -0.2) is 0 Å². The van der Waals surface area contributed by atoms with Crippen LogP contribution in [0.3, 0.4) is 0 Å². The van der Waals surface area contributed by atoms with E-state index >= 15 is 0 Å². The summed E-state index contributed by atoms with van der Waals surface area (Å²) in [4.78, 5) is 11.7. The molecule has 2 N–H and O–H groups in total. The summed E-state index contributed by atoms with van der Waals surface area (Å²) < 4.78 is 6.41. The van der Waals surface area contributed by atoms with Crippen molar-refractivity contribution < 1.29 is 9.53 Å². The fourth-order valence-corrected chi connectivity index (χ4v) is 3.04. The minimum atomic E-state index is -0.352. The zero-order chi connectivity index (χ0) is 11.1. The number of nitrogens with two attached hydrogens (primary N) is 1. The molecule has 16 heavy (non-hydrogen) atoms. The second-order valence-corrected chi connectivity index (χ2v) is 5.07. The Kier molecular flexibility index (Phi) is 2.11. The summed E-state index contributed by atoms with van der Waals surface area (Å²) in [5, 5.41) is 1.13. The average Bonchev–Trinajstić information content (AvgIpc) is 2.68. The Morgan fingerprint density at radius 3 is 3.25 bits per heavy atom. The summed E-state index contributed by atoms with van der Waals surface area (Å²) in [5.74, 6) is 0.0750. The molecular formula is C12H11NO2S. The van der Waals surface area contributed by atoms with E-state index in [4.69, 9.17) is 10.5 Å². The van der Waals surface area contributed by atoms with Crippen LogP contribution in [0.25, 0.3) is 12.2 Å². The molecule has 1 unspecified atom stereocenters. The molecule has 0 saturated carbocycles. The molecule has 3 nitrogen and oxygen atoms in total. The second kappa shape index (κ2) is 3.49. The number of amides is 1. The van der Waals surface area contributed by atoms with E-state index in [1.165, 1.54) is 16.9 Å². The Balaban J connectivity index is 2.19. The largest absolute Gasteiger partial charge is 0.501 e. The number of carbonyl (C=O) groups is 1. The lowest BCUT2D eigenvalue weighted by atomic mass is 9.91. The molecule has 82 valence electrons. The molecular weight excluding hydrogens is 222 g/mol. The van der Waals surface area contributed by atoms with E-state index in [0.29, 0.717) is 10.8 Å². The molecule has 2 heterocycles. The Hall–Kier alpha value is -1.55. The number of rotatable bonds is 1. The average molecular weight is 233 g/mol. The van der Waals surface area contributed by atoms with Gasteiger partial charge < -0.3 is 10.5 Å². The SMILES string of the molecule is NC(=O)c1cc2c(s1)=CC1=COCCC1C=2. The lowest BCUT2D eigenvalue weighted by Crippen LogP contribution is -2.26. The summed E-state index contributed by atoms with van der Waals surface area (Å²) >= 11 is 1.44. The number of hydrogen-bond donors (Lipinski definition) is 1. The lowest BCUT2D eigenvalue weighted by molar-refractivity contribution is 0.100. The van der Waals surface area contributed by atoms with Gasteiger partial charge in [0.05, 0.1) is 17.7 Å². The van der Waals surface area contributed by atoms with Gasteiger partial charge in [-0.3, -0.25) is 4.79 Å². The normalized spacial score (nSPS) is 21.8. The number of thiophene rings is 1. The van der Waals surface area contributed by atoms with Crippen molar-refractivity contribution >= 4 is 29.4 Å². The third-order valence-corrected chi connectivity index (χ3v) is 4.02. The molecule has 4 heteroatoms. The molecule has 0 saturated heterocycles. The van der Waals surface area contributed by atoms with Crippen molar-refractivity contribution in [3.8, 4) is 0 Å². The van der Waals surface area contributed by atoms with Crippen LogP contribution in [0.15, 0.2) is 17.9 Å². The molecule has 1 aliphatic heterocycles. The van der Waals surface area contributed by atoms with E-state index in [0.717, 1.165) is 22.8 Å². The molecule has 0 bridgehead atoms. The standard InChI is InChI=1S/C12H11NO2S/c13-12(14)11-4-8-3-7-1-2-15-6-9(7)5-10(8)16-11/h3-7H,1-2H2,(H2,13,14).